The van der Waals surface area contributed by atoms with Crippen molar-refractivity contribution in [3.05, 3.63) is 46.7 Å². The van der Waals surface area contributed by atoms with Crippen LogP contribution in [0.3, 0.4) is 0 Å². The molecule has 0 spiro atoms. The Bertz CT molecular complexity index is 647. The fraction of sp³-hybridized carbons (Fsp3) is 0.250. The van der Waals surface area contributed by atoms with E-state index < -0.39 is 0 Å². The number of carbonyl (C=O) groups excluding carboxylic acids is 2. The highest BCUT2D eigenvalue weighted by Gasteiger charge is 2.23. The molecule has 0 bridgehead atoms. The van der Waals surface area contributed by atoms with Crippen molar-refractivity contribution in [3.63, 3.8) is 0 Å². The van der Waals surface area contributed by atoms with Gasteiger partial charge >= 0.3 is 0 Å². The maximum atomic E-state index is 11.9. The van der Waals surface area contributed by atoms with Gasteiger partial charge in [-0.05, 0) is 48.6 Å². The number of anilines is 2. The standard InChI is InChI=1S/C16H16N2O3S/c19-15(13-3-1-9-21-13)17-11-5-7-12(8-6-11)18-16(20)14-4-2-10-22-14/h2,4-8,10,13H,1,3,9H2,(H,17,19)(H,18,20). The monoisotopic (exact) mass is 316 g/mol. The second-order valence-electron chi connectivity index (χ2n) is 5.00. The van der Waals surface area contributed by atoms with Gasteiger partial charge in [0, 0.05) is 18.0 Å². The number of benzene rings is 1. The lowest BCUT2D eigenvalue weighted by molar-refractivity contribution is -0.124. The zero-order valence-electron chi connectivity index (χ0n) is 11.9. The molecule has 1 saturated heterocycles. The Morgan fingerprint density at radius 2 is 1.82 bits per heavy atom. The molecule has 2 heterocycles. The Morgan fingerprint density at radius 3 is 2.41 bits per heavy atom. The van der Waals surface area contributed by atoms with E-state index in [2.05, 4.69) is 10.6 Å². The maximum absolute atomic E-state index is 11.9. The number of hydrogen-bond acceptors (Lipinski definition) is 4. The molecule has 1 aliphatic rings. The molecule has 1 atom stereocenters. The molecule has 2 N–H and O–H groups in total. The van der Waals surface area contributed by atoms with E-state index in [9.17, 15) is 9.59 Å². The smallest absolute Gasteiger partial charge is 0.265 e. The van der Waals surface area contributed by atoms with Gasteiger partial charge in [0.2, 0.25) is 0 Å². The van der Waals surface area contributed by atoms with Crippen LogP contribution in [0.2, 0.25) is 0 Å². The van der Waals surface area contributed by atoms with Gasteiger partial charge in [0.25, 0.3) is 11.8 Å². The van der Waals surface area contributed by atoms with Gasteiger partial charge in [0.05, 0.1) is 4.88 Å². The zero-order chi connectivity index (χ0) is 15.4. The van der Waals surface area contributed by atoms with Crippen LogP contribution in [0.25, 0.3) is 0 Å². The Kier molecular flexibility index (Phi) is 4.50. The fourth-order valence-electron chi connectivity index (χ4n) is 2.24. The van der Waals surface area contributed by atoms with Crippen LogP contribution in [0.1, 0.15) is 22.5 Å². The first-order valence-corrected chi connectivity index (χ1v) is 7.98. The average molecular weight is 316 g/mol. The molecule has 22 heavy (non-hydrogen) atoms. The van der Waals surface area contributed by atoms with Gasteiger partial charge in [-0.1, -0.05) is 6.07 Å². The van der Waals surface area contributed by atoms with Crippen LogP contribution in [0.15, 0.2) is 41.8 Å². The van der Waals surface area contributed by atoms with Crippen molar-refractivity contribution < 1.29 is 14.3 Å². The van der Waals surface area contributed by atoms with Gasteiger partial charge in [0.15, 0.2) is 0 Å². The molecule has 2 amide bonds. The SMILES string of the molecule is O=C(Nc1ccc(NC(=O)C2CCCO2)cc1)c1cccs1. The minimum absolute atomic E-state index is 0.118. The molecule has 1 aromatic heterocycles. The highest BCUT2D eigenvalue weighted by Crippen LogP contribution is 2.18. The molecule has 0 aliphatic carbocycles. The summed E-state index contributed by atoms with van der Waals surface area (Å²) in [5.74, 6) is -0.251. The third kappa shape index (κ3) is 3.52. The predicted octanol–water partition coefficient (Wildman–Crippen LogP) is 3.12. The predicted molar refractivity (Wildman–Crippen MR) is 86.3 cm³/mol. The number of ether oxygens (including phenoxy) is 1. The Balaban J connectivity index is 1.58. The molecule has 0 saturated carbocycles. The molecule has 1 fully saturated rings. The van der Waals surface area contributed by atoms with Crippen molar-refractivity contribution >= 4 is 34.5 Å². The molecule has 3 rings (SSSR count). The molecular formula is C16H16N2O3S. The molecule has 1 unspecified atom stereocenters. The van der Waals surface area contributed by atoms with Gasteiger partial charge in [-0.3, -0.25) is 9.59 Å². The largest absolute Gasteiger partial charge is 0.368 e. The molecule has 2 aromatic rings. The van der Waals surface area contributed by atoms with Crippen LogP contribution in [0.4, 0.5) is 11.4 Å². The first-order chi connectivity index (χ1) is 10.7. The first kappa shape index (κ1) is 14.7. The molecule has 5 nitrogen and oxygen atoms in total. The van der Waals surface area contributed by atoms with Crippen LogP contribution < -0.4 is 10.6 Å². The van der Waals surface area contributed by atoms with Crippen LogP contribution in [-0.4, -0.2) is 24.5 Å². The van der Waals surface area contributed by atoms with Crippen LogP contribution >= 0.6 is 11.3 Å². The summed E-state index contributed by atoms with van der Waals surface area (Å²) in [6.45, 7) is 0.645. The molecule has 0 radical (unpaired) electrons. The summed E-state index contributed by atoms with van der Waals surface area (Å²) in [4.78, 5) is 24.5. The van der Waals surface area contributed by atoms with Crippen molar-refractivity contribution in [2.24, 2.45) is 0 Å². The first-order valence-electron chi connectivity index (χ1n) is 7.10. The fourth-order valence-corrected chi connectivity index (χ4v) is 2.86. The molecule has 114 valence electrons. The lowest BCUT2D eigenvalue weighted by atomic mass is 10.2. The van der Waals surface area contributed by atoms with Crippen LogP contribution in [-0.2, 0) is 9.53 Å². The van der Waals surface area contributed by atoms with Gasteiger partial charge < -0.3 is 15.4 Å². The van der Waals surface area contributed by atoms with E-state index in [0.717, 1.165) is 12.8 Å². The highest BCUT2D eigenvalue weighted by molar-refractivity contribution is 7.12. The van der Waals surface area contributed by atoms with Crippen molar-refractivity contribution in [1.29, 1.82) is 0 Å². The lowest BCUT2D eigenvalue weighted by Gasteiger charge is -2.11. The van der Waals surface area contributed by atoms with E-state index in [4.69, 9.17) is 4.74 Å². The summed E-state index contributed by atoms with van der Waals surface area (Å²) in [5.41, 5.74) is 1.38. The van der Waals surface area contributed by atoms with E-state index in [1.54, 1.807) is 30.3 Å². The maximum Gasteiger partial charge on any atom is 0.265 e. The number of rotatable bonds is 4. The summed E-state index contributed by atoms with van der Waals surface area (Å²) < 4.78 is 5.34. The Morgan fingerprint density at radius 1 is 1.09 bits per heavy atom. The molecule has 1 aromatic carbocycles. The van der Waals surface area contributed by atoms with E-state index in [-0.39, 0.29) is 17.9 Å². The summed E-state index contributed by atoms with van der Waals surface area (Å²) >= 11 is 1.39. The van der Waals surface area contributed by atoms with E-state index in [1.165, 1.54) is 11.3 Å². The number of thiophene rings is 1. The molecule has 1 aliphatic heterocycles. The minimum Gasteiger partial charge on any atom is -0.368 e. The average Bonchev–Trinajstić information content (AvgIpc) is 3.23. The number of carbonyl (C=O) groups is 2. The molecular weight excluding hydrogens is 300 g/mol. The Hall–Kier alpha value is -2.18. The summed E-state index contributed by atoms with van der Waals surface area (Å²) in [6.07, 6.45) is 1.34. The van der Waals surface area contributed by atoms with Gasteiger partial charge in [0.1, 0.15) is 6.10 Å². The third-order valence-corrected chi connectivity index (χ3v) is 4.25. The molecule has 6 heteroatoms. The topological polar surface area (TPSA) is 67.4 Å². The van der Waals surface area contributed by atoms with E-state index in [1.807, 2.05) is 11.4 Å². The van der Waals surface area contributed by atoms with Crippen molar-refractivity contribution in [2.75, 3.05) is 17.2 Å². The van der Waals surface area contributed by atoms with Gasteiger partial charge in [-0.15, -0.1) is 11.3 Å². The Labute approximate surface area is 132 Å². The number of hydrogen-bond donors (Lipinski definition) is 2. The number of nitrogens with one attached hydrogen (secondary N) is 2. The van der Waals surface area contributed by atoms with Crippen LogP contribution in [0, 0.1) is 0 Å². The normalized spacial score (nSPS) is 17.2. The van der Waals surface area contributed by atoms with Crippen molar-refractivity contribution in [1.82, 2.24) is 0 Å². The summed E-state index contributed by atoms with van der Waals surface area (Å²) in [7, 11) is 0. The summed E-state index contributed by atoms with van der Waals surface area (Å²) in [6, 6.07) is 10.7. The van der Waals surface area contributed by atoms with E-state index in [0.29, 0.717) is 22.9 Å². The zero-order valence-corrected chi connectivity index (χ0v) is 12.7. The third-order valence-electron chi connectivity index (χ3n) is 3.38. The van der Waals surface area contributed by atoms with Gasteiger partial charge in [-0.25, -0.2) is 0 Å². The summed E-state index contributed by atoms with van der Waals surface area (Å²) in [5, 5.41) is 7.49. The van der Waals surface area contributed by atoms with Crippen molar-refractivity contribution in [2.45, 2.75) is 18.9 Å². The van der Waals surface area contributed by atoms with Crippen LogP contribution in [0.5, 0.6) is 0 Å². The van der Waals surface area contributed by atoms with Crippen molar-refractivity contribution in [3.8, 4) is 0 Å². The second kappa shape index (κ2) is 6.72. The highest BCUT2D eigenvalue weighted by atomic mass is 32.1. The second-order valence-corrected chi connectivity index (χ2v) is 5.95. The van der Waals surface area contributed by atoms with E-state index >= 15 is 0 Å². The number of amides is 2. The lowest BCUT2D eigenvalue weighted by Crippen LogP contribution is -2.26. The van der Waals surface area contributed by atoms with Gasteiger partial charge in [-0.2, -0.15) is 0 Å². The minimum atomic E-state index is -0.349. The quantitative estimate of drug-likeness (QED) is 0.910.